The number of rotatable bonds is 12. The largest absolute Gasteiger partial charge is 0.497 e. The van der Waals surface area contributed by atoms with Crippen LogP contribution in [-0.2, 0) is 30.3 Å². The van der Waals surface area contributed by atoms with E-state index < -0.39 is 29.4 Å². The van der Waals surface area contributed by atoms with E-state index in [0.29, 0.717) is 25.8 Å². The first kappa shape index (κ1) is 29.5. The maximum absolute atomic E-state index is 13.9. The molecule has 0 spiro atoms. The molecule has 210 valence electrons. The first-order valence-corrected chi connectivity index (χ1v) is 13.8. The van der Waals surface area contributed by atoms with Crippen LogP contribution >= 0.6 is 0 Å². The molecule has 3 N–H and O–H groups in total. The molecule has 1 aliphatic heterocycles. The van der Waals surface area contributed by atoms with E-state index in [0.717, 1.165) is 43.4 Å². The van der Waals surface area contributed by atoms with Crippen LogP contribution in [0.4, 0.5) is 0 Å². The predicted octanol–water partition coefficient (Wildman–Crippen LogP) is 2.90. The standard InChI is InChI=1S/C29H43N3O6/c1-19(2)15-23(26(34)31-24(27(35)38-4)17-21-11-14-30-25(21)33)32-28(36)29(12-6-5-7-13-29)18-20-9-8-10-22(16-20)37-3/h8-10,16,19,21,23-24H,5-7,11-15,17-18H2,1-4H3,(H,30,33)(H,31,34)(H,32,36)/t21-,23-,24-/m0/s1. The zero-order valence-electron chi connectivity index (χ0n) is 23.1. The van der Waals surface area contributed by atoms with Crippen molar-refractivity contribution in [3.63, 3.8) is 0 Å². The summed E-state index contributed by atoms with van der Waals surface area (Å²) >= 11 is 0. The summed E-state index contributed by atoms with van der Waals surface area (Å²) in [5, 5.41) is 8.60. The number of esters is 1. The number of hydrogen-bond donors (Lipinski definition) is 3. The Morgan fingerprint density at radius 1 is 1.08 bits per heavy atom. The average molecular weight is 530 g/mol. The highest BCUT2D eigenvalue weighted by Crippen LogP contribution is 2.40. The van der Waals surface area contributed by atoms with Crippen molar-refractivity contribution in [1.82, 2.24) is 16.0 Å². The molecule has 2 aliphatic rings. The van der Waals surface area contributed by atoms with Gasteiger partial charge >= 0.3 is 5.97 Å². The average Bonchev–Trinajstić information content (AvgIpc) is 3.31. The number of hydrogen-bond acceptors (Lipinski definition) is 6. The molecule has 3 rings (SSSR count). The molecule has 0 bridgehead atoms. The molecule has 9 nitrogen and oxygen atoms in total. The number of benzene rings is 1. The van der Waals surface area contributed by atoms with Crippen LogP contribution in [0.25, 0.3) is 0 Å². The quantitative estimate of drug-likeness (QED) is 0.358. The maximum atomic E-state index is 13.9. The molecule has 1 aliphatic carbocycles. The number of amides is 3. The highest BCUT2D eigenvalue weighted by molar-refractivity contribution is 5.92. The first-order chi connectivity index (χ1) is 18.2. The summed E-state index contributed by atoms with van der Waals surface area (Å²) in [6.45, 7) is 4.52. The van der Waals surface area contributed by atoms with E-state index in [9.17, 15) is 19.2 Å². The van der Waals surface area contributed by atoms with Gasteiger partial charge in [0.15, 0.2) is 0 Å². The normalized spacial score (nSPS) is 20.2. The highest BCUT2D eigenvalue weighted by Gasteiger charge is 2.42. The number of ether oxygens (including phenoxy) is 2. The van der Waals surface area contributed by atoms with Crippen LogP contribution in [-0.4, -0.2) is 56.5 Å². The van der Waals surface area contributed by atoms with Gasteiger partial charge in [0.05, 0.1) is 19.6 Å². The van der Waals surface area contributed by atoms with Crippen LogP contribution in [0.3, 0.4) is 0 Å². The second kappa shape index (κ2) is 13.6. The van der Waals surface area contributed by atoms with Crippen molar-refractivity contribution in [3.05, 3.63) is 29.8 Å². The van der Waals surface area contributed by atoms with E-state index in [-0.39, 0.29) is 30.1 Å². The van der Waals surface area contributed by atoms with E-state index in [1.54, 1.807) is 7.11 Å². The van der Waals surface area contributed by atoms with Crippen LogP contribution in [0, 0.1) is 17.3 Å². The molecule has 1 saturated carbocycles. The van der Waals surface area contributed by atoms with Gasteiger partial charge in [-0.3, -0.25) is 14.4 Å². The Labute approximate surface area is 225 Å². The number of methoxy groups -OCH3 is 2. The van der Waals surface area contributed by atoms with Crippen molar-refractivity contribution < 1.29 is 28.7 Å². The van der Waals surface area contributed by atoms with Crippen LogP contribution in [0.2, 0.25) is 0 Å². The molecule has 9 heteroatoms. The van der Waals surface area contributed by atoms with Gasteiger partial charge in [-0.2, -0.15) is 0 Å². The van der Waals surface area contributed by atoms with Crippen LogP contribution < -0.4 is 20.7 Å². The van der Waals surface area contributed by atoms with E-state index in [1.165, 1.54) is 7.11 Å². The summed E-state index contributed by atoms with van der Waals surface area (Å²) in [4.78, 5) is 52.0. The SMILES string of the molecule is COC(=O)[C@H](C[C@@H]1CCNC1=O)NC(=O)[C@H](CC(C)C)NC(=O)C1(Cc2cccc(OC)c2)CCCCC1. The lowest BCUT2D eigenvalue weighted by Crippen LogP contribution is -2.56. The minimum Gasteiger partial charge on any atom is -0.497 e. The third-order valence-electron chi connectivity index (χ3n) is 7.78. The van der Waals surface area contributed by atoms with E-state index in [4.69, 9.17) is 9.47 Å². The fourth-order valence-corrected chi connectivity index (χ4v) is 5.68. The summed E-state index contributed by atoms with van der Waals surface area (Å²) in [5.74, 6) is -0.796. The first-order valence-electron chi connectivity index (χ1n) is 13.8. The zero-order valence-corrected chi connectivity index (χ0v) is 23.1. The van der Waals surface area contributed by atoms with Crippen LogP contribution in [0.1, 0.15) is 70.8 Å². The van der Waals surface area contributed by atoms with Crippen molar-refractivity contribution in [2.24, 2.45) is 17.3 Å². The van der Waals surface area contributed by atoms with Gasteiger partial charge in [0.2, 0.25) is 17.7 Å². The molecule has 0 unspecified atom stereocenters. The predicted molar refractivity (Wildman–Crippen MR) is 143 cm³/mol. The Bertz CT molecular complexity index is 988. The molecule has 0 radical (unpaired) electrons. The van der Waals surface area contributed by atoms with E-state index in [1.807, 2.05) is 38.1 Å². The van der Waals surface area contributed by atoms with Crippen molar-refractivity contribution in [1.29, 1.82) is 0 Å². The van der Waals surface area contributed by atoms with Gasteiger partial charge in [-0.05, 0) is 62.1 Å². The molecule has 2 fully saturated rings. The number of carbonyl (C=O) groups excluding carboxylic acids is 4. The Balaban J connectivity index is 1.78. The van der Waals surface area contributed by atoms with E-state index in [2.05, 4.69) is 16.0 Å². The van der Waals surface area contributed by atoms with Crippen molar-refractivity contribution in [2.75, 3.05) is 20.8 Å². The minimum atomic E-state index is -0.965. The third kappa shape index (κ3) is 7.71. The second-order valence-electron chi connectivity index (χ2n) is 11.1. The van der Waals surface area contributed by atoms with Gasteiger partial charge in [0.1, 0.15) is 17.8 Å². The van der Waals surface area contributed by atoms with E-state index >= 15 is 0 Å². The monoisotopic (exact) mass is 529 g/mol. The number of nitrogens with one attached hydrogen (secondary N) is 3. The van der Waals surface area contributed by atoms with Crippen molar-refractivity contribution >= 4 is 23.7 Å². The Hall–Kier alpha value is -3.10. The summed E-state index contributed by atoms with van der Waals surface area (Å²) in [5.41, 5.74) is 0.399. The topological polar surface area (TPSA) is 123 Å². The lowest BCUT2D eigenvalue weighted by Gasteiger charge is -2.37. The lowest BCUT2D eigenvalue weighted by molar-refractivity contribution is -0.146. The molecule has 3 amide bonds. The summed E-state index contributed by atoms with van der Waals surface area (Å²) < 4.78 is 10.3. The van der Waals surface area contributed by atoms with Gasteiger partial charge in [0.25, 0.3) is 0 Å². The molecular weight excluding hydrogens is 486 g/mol. The van der Waals surface area contributed by atoms with Crippen LogP contribution in [0.5, 0.6) is 5.75 Å². The summed E-state index contributed by atoms with van der Waals surface area (Å²) in [7, 11) is 2.88. The minimum absolute atomic E-state index is 0.128. The maximum Gasteiger partial charge on any atom is 0.328 e. The summed E-state index contributed by atoms with van der Waals surface area (Å²) in [6.07, 6.45) is 6.21. The molecule has 1 aromatic rings. The van der Waals surface area contributed by atoms with Crippen molar-refractivity contribution in [2.45, 2.75) is 83.7 Å². The Kier molecular flexibility index (Phi) is 10.6. The Morgan fingerprint density at radius 2 is 1.82 bits per heavy atom. The smallest absolute Gasteiger partial charge is 0.328 e. The Morgan fingerprint density at radius 3 is 2.42 bits per heavy atom. The molecule has 0 aromatic heterocycles. The molecule has 1 aromatic carbocycles. The molecule has 38 heavy (non-hydrogen) atoms. The van der Waals surface area contributed by atoms with Crippen LogP contribution in [0.15, 0.2) is 24.3 Å². The van der Waals surface area contributed by atoms with Gasteiger partial charge in [-0.25, -0.2) is 4.79 Å². The summed E-state index contributed by atoms with van der Waals surface area (Å²) in [6, 6.07) is 6.00. The van der Waals surface area contributed by atoms with Crippen molar-refractivity contribution in [3.8, 4) is 5.75 Å². The third-order valence-corrected chi connectivity index (χ3v) is 7.78. The number of carbonyl (C=O) groups is 4. The molecule has 1 saturated heterocycles. The second-order valence-corrected chi connectivity index (χ2v) is 11.1. The zero-order chi connectivity index (χ0) is 27.7. The van der Waals surface area contributed by atoms with Gasteiger partial charge in [0, 0.05) is 12.5 Å². The lowest BCUT2D eigenvalue weighted by atomic mass is 9.69. The van der Waals surface area contributed by atoms with Gasteiger partial charge in [-0.15, -0.1) is 0 Å². The highest BCUT2D eigenvalue weighted by atomic mass is 16.5. The fraction of sp³-hybridized carbons (Fsp3) is 0.655. The molecule has 1 heterocycles. The molecule has 3 atom stereocenters. The van der Waals surface area contributed by atoms with Gasteiger partial charge in [-0.1, -0.05) is 45.2 Å². The van der Waals surface area contributed by atoms with Gasteiger partial charge < -0.3 is 25.4 Å². The fourth-order valence-electron chi connectivity index (χ4n) is 5.68. The molecular formula is C29H43N3O6.